The maximum absolute atomic E-state index is 13.0. The number of rotatable bonds is 5. The van der Waals surface area contributed by atoms with Gasteiger partial charge in [-0.15, -0.1) is 0 Å². The largest absolute Gasteiger partial charge is 0.325 e. The molecule has 2 aliphatic rings. The number of hydrogen-bond donors (Lipinski definition) is 1. The highest BCUT2D eigenvalue weighted by atomic mass is 16.2. The van der Waals surface area contributed by atoms with Gasteiger partial charge in [-0.25, -0.2) is 4.68 Å². The summed E-state index contributed by atoms with van der Waals surface area (Å²) in [6.45, 7) is 6.70. The van der Waals surface area contributed by atoms with Gasteiger partial charge in [0.05, 0.1) is 11.7 Å². The molecule has 0 bridgehead atoms. The van der Waals surface area contributed by atoms with Crippen LogP contribution in [0.5, 0.6) is 0 Å². The number of amides is 1. The van der Waals surface area contributed by atoms with Crippen LogP contribution in [-0.4, -0.2) is 63.8 Å². The Kier molecular flexibility index (Phi) is 5.55. The van der Waals surface area contributed by atoms with Crippen molar-refractivity contribution >= 4 is 11.6 Å². The number of piperidine rings is 1. The van der Waals surface area contributed by atoms with Crippen LogP contribution in [-0.2, 0) is 4.79 Å². The molecule has 6 heteroatoms. The van der Waals surface area contributed by atoms with Gasteiger partial charge in [-0.1, -0.05) is 13.0 Å². The van der Waals surface area contributed by atoms with Crippen LogP contribution in [0, 0.1) is 0 Å². The van der Waals surface area contributed by atoms with Crippen molar-refractivity contribution in [2.24, 2.45) is 0 Å². The smallest absolute Gasteiger partial charge is 0.241 e. The van der Waals surface area contributed by atoms with Gasteiger partial charge in [-0.05, 0) is 76.1 Å². The predicted molar refractivity (Wildman–Crippen MR) is 107 cm³/mol. The number of likely N-dealkylation sites (tertiary alicyclic amines) is 2. The fourth-order valence-corrected chi connectivity index (χ4v) is 4.45. The average Bonchev–Trinajstić information content (AvgIpc) is 3.40. The summed E-state index contributed by atoms with van der Waals surface area (Å²) in [7, 11) is 0. The molecule has 1 amide bonds. The highest BCUT2D eigenvalue weighted by molar-refractivity contribution is 5.95. The molecule has 0 saturated carbocycles. The highest BCUT2D eigenvalue weighted by Crippen LogP contribution is 2.27. The summed E-state index contributed by atoms with van der Waals surface area (Å²) < 4.78 is 1.80. The molecule has 0 spiro atoms. The summed E-state index contributed by atoms with van der Waals surface area (Å²) >= 11 is 0. The van der Waals surface area contributed by atoms with E-state index in [0.717, 1.165) is 50.4 Å². The summed E-state index contributed by atoms with van der Waals surface area (Å²) in [6, 6.07) is 10.3. The summed E-state index contributed by atoms with van der Waals surface area (Å²) in [4.78, 5) is 18.0. The summed E-state index contributed by atoms with van der Waals surface area (Å²) in [6.07, 6.45) is 8.07. The Morgan fingerprint density at radius 3 is 2.78 bits per heavy atom. The van der Waals surface area contributed by atoms with Gasteiger partial charge < -0.3 is 10.2 Å². The lowest BCUT2D eigenvalue weighted by molar-refractivity contribution is -0.121. The molecule has 6 nitrogen and oxygen atoms in total. The number of carbonyl (C=O) groups excluding carboxylic acids is 1. The second kappa shape index (κ2) is 8.23. The van der Waals surface area contributed by atoms with Crippen molar-refractivity contribution in [3.63, 3.8) is 0 Å². The number of nitrogens with one attached hydrogen (secondary N) is 1. The monoisotopic (exact) mass is 367 g/mol. The molecule has 27 heavy (non-hydrogen) atoms. The zero-order chi connectivity index (χ0) is 18.6. The van der Waals surface area contributed by atoms with Gasteiger partial charge in [0, 0.05) is 24.1 Å². The second-order valence-corrected chi connectivity index (χ2v) is 7.55. The number of hydrogen-bond acceptors (Lipinski definition) is 4. The minimum Gasteiger partial charge on any atom is -0.325 e. The first-order valence-electron chi connectivity index (χ1n) is 10.1. The highest BCUT2D eigenvalue weighted by Gasteiger charge is 2.36. The van der Waals surface area contributed by atoms with Crippen LogP contribution in [0.3, 0.4) is 0 Å². The third-order valence-corrected chi connectivity index (χ3v) is 5.95. The van der Waals surface area contributed by atoms with E-state index in [2.05, 4.69) is 27.1 Å². The number of nitrogens with zero attached hydrogens (tertiary/aromatic N) is 4. The zero-order valence-electron chi connectivity index (χ0n) is 16.1. The van der Waals surface area contributed by atoms with Crippen molar-refractivity contribution in [1.29, 1.82) is 0 Å². The van der Waals surface area contributed by atoms with E-state index in [9.17, 15) is 4.79 Å². The van der Waals surface area contributed by atoms with Crippen molar-refractivity contribution in [3.05, 3.63) is 42.7 Å². The molecule has 0 unspecified atom stereocenters. The Hall–Kier alpha value is -2.18. The van der Waals surface area contributed by atoms with Crippen molar-refractivity contribution in [1.82, 2.24) is 19.6 Å². The molecule has 2 aromatic rings. The van der Waals surface area contributed by atoms with E-state index in [1.54, 1.807) is 10.9 Å². The summed E-state index contributed by atoms with van der Waals surface area (Å²) in [5, 5.41) is 7.41. The molecule has 1 N–H and O–H groups in total. The Morgan fingerprint density at radius 2 is 2.04 bits per heavy atom. The lowest BCUT2D eigenvalue weighted by Gasteiger charge is -2.38. The minimum atomic E-state index is -0.00321. The van der Waals surface area contributed by atoms with E-state index in [4.69, 9.17) is 0 Å². The van der Waals surface area contributed by atoms with Gasteiger partial charge in [0.25, 0.3) is 0 Å². The fourth-order valence-electron chi connectivity index (χ4n) is 4.45. The second-order valence-electron chi connectivity index (χ2n) is 7.55. The maximum atomic E-state index is 13.0. The van der Waals surface area contributed by atoms with Crippen LogP contribution in [0.25, 0.3) is 5.69 Å². The molecule has 2 aliphatic heterocycles. The van der Waals surface area contributed by atoms with Crippen LogP contribution < -0.4 is 5.32 Å². The van der Waals surface area contributed by atoms with E-state index in [0.29, 0.717) is 6.04 Å². The van der Waals surface area contributed by atoms with Crippen molar-refractivity contribution in [2.75, 3.05) is 31.5 Å². The van der Waals surface area contributed by atoms with E-state index in [-0.39, 0.29) is 11.9 Å². The van der Waals surface area contributed by atoms with Crippen LogP contribution in [0.2, 0.25) is 0 Å². The van der Waals surface area contributed by atoms with E-state index < -0.39 is 0 Å². The summed E-state index contributed by atoms with van der Waals surface area (Å²) in [5.74, 6) is 0.128. The van der Waals surface area contributed by atoms with Gasteiger partial charge in [-0.2, -0.15) is 5.10 Å². The molecule has 1 atom stereocenters. The number of anilines is 1. The topological polar surface area (TPSA) is 53.4 Å². The van der Waals surface area contributed by atoms with E-state index in [1.807, 2.05) is 36.5 Å². The van der Waals surface area contributed by atoms with Gasteiger partial charge in [0.15, 0.2) is 0 Å². The summed E-state index contributed by atoms with van der Waals surface area (Å²) in [5.41, 5.74) is 1.79. The van der Waals surface area contributed by atoms with Crippen LogP contribution in [0.4, 0.5) is 5.69 Å². The minimum absolute atomic E-state index is 0.00321. The zero-order valence-corrected chi connectivity index (χ0v) is 16.1. The van der Waals surface area contributed by atoms with Gasteiger partial charge >= 0.3 is 0 Å². The molecule has 3 heterocycles. The Bertz CT molecular complexity index is 752. The lowest BCUT2D eigenvalue weighted by atomic mass is 10.0. The molecular formula is C21H29N5O. The lowest BCUT2D eigenvalue weighted by Crippen LogP contribution is -2.50. The van der Waals surface area contributed by atoms with Gasteiger partial charge in [0.1, 0.15) is 0 Å². The fraction of sp³-hybridized carbons (Fsp3) is 0.524. The molecule has 2 saturated heterocycles. The van der Waals surface area contributed by atoms with Crippen LogP contribution in [0.1, 0.15) is 32.6 Å². The van der Waals surface area contributed by atoms with Crippen LogP contribution in [0.15, 0.2) is 42.7 Å². The van der Waals surface area contributed by atoms with Crippen molar-refractivity contribution in [3.8, 4) is 5.69 Å². The molecular weight excluding hydrogens is 338 g/mol. The predicted octanol–water partition coefficient (Wildman–Crippen LogP) is 2.76. The third kappa shape index (κ3) is 4.06. The first-order valence-corrected chi connectivity index (χ1v) is 10.1. The first-order chi connectivity index (χ1) is 13.2. The number of carbonyl (C=O) groups is 1. The van der Waals surface area contributed by atoms with E-state index in [1.165, 1.54) is 12.8 Å². The van der Waals surface area contributed by atoms with Gasteiger partial charge in [0.2, 0.25) is 5.91 Å². The normalized spacial score (nSPS) is 22.2. The van der Waals surface area contributed by atoms with Crippen LogP contribution >= 0.6 is 0 Å². The van der Waals surface area contributed by atoms with Crippen molar-refractivity contribution < 1.29 is 4.79 Å². The number of aromatic nitrogens is 2. The molecule has 1 aromatic heterocycles. The maximum Gasteiger partial charge on any atom is 0.241 e. The molecule has 1 aromatic carbocycles. The molecule has 0 aliphatic carbocycles. The van der Waals surface area contributed by atoms with Gasteiger partial charge in [-0.3, -0.25) is 9.69 Å². The average molecular weight is 367 g/mol. The SMILES string of the molecule is CCN1CCC(N2CCC[C@H]2C(=O)Nc2cccc(-n3cccn3)c2)CC1. The Morgan fingerprint density at radius 1 is 1.19 bits per heavy atom. The molecule has 0 radical (unpaired) electrons. The standard InChI is InChI=1S/C21H29N5O/c1-2-24-14-9-18(10-15-24)25-12-4-8-20(25)21(27)23-17-6-3-7-19(16-17)26-13-5-11-22-26/h3,5-7,11,13,16,18,20H,2,4,8-10,12,14-15H2,1H3,(H,23,27)/t20-/m0/s1. The molecule has 144 valence electrons. The van der Waals surface area contributed by atoms with Crippen molar-refractivity contribution in [2.45, 2.75) is 44.7 Å². The number of benzene rings is 1. The Labute approximate surface area is 161 Å². The Balaban J connectivity index is 1.41. The van der Waals surface area contributed by atoms with E-state index >= 15 is 0 Å². The molecule has 4 rings (SSSR count). The quantitative estimate of drug-likeness (QED) is 0.883. The third-order valence-electron chi connectivity index (χ3n) is 5.95. The first kappa shape index (κ1) is 18.2. The molecule has 2 fully saturated rings.